The highest BCUT2D eigenvalue weighted by Crippen LogP contribution is 2.54. The zero-order chi connectivity index (χ0) is 20.9. The number of nitrogens with one attached hydrogen (secondary N) is 2. The Kier molecular flexibility index (Phi) is 10.2. The molecule has 3 fully saturated rings. The maximum atomic E-state index is 12.6. The van der Waals surface area contributed by atoms with Crippen LogP contribution in [0, 0.1) is 11.3 Å². The summed E-state index contributed by atoms with van der Waals surface area (Å²) in [4.78, 5) is 19.2. The molecule has 2 aliphatic carbocycles. The van der Waals surface area contributed by atoms with Crippen molar-refractivity contribution in [2.24, 2.45) is 16.3 Å². The van der Waals surface area contributed by atoms with Gasteiger partial charge < -0.3 is 20.3 Å². The van der Waals surface area contributed by atoms with E-state index < -0.39 is 0 Å². The number of ether oxygens (including phenoxy) is 1. The molecule has 1 spiro atoms. The third kappa shape index (κ3) is 5.43. The number of guanidine groups is 1. The summed E-state index contributed by atoms with van der Waals surface area (Å²) in [5.74, 6) is 1.45. The van der Waals surface area contributed by atoms with E-state index in [2.05, 4.69) is 41.3 Å². The van der Waals surface area contributed by atoms with Gasteiger partial charge in [0.05, 0.1) is 6.10 Å². The molecule has 2 N–H and O–H groups in total. The fourth-order valence-electron chi connectivity index (χ4n) is 5.76. The second kappa shape index (κ2) is 11.9. The van der Waals surface area contributed by atoms with Crippen LogP contribution in [0.4, 0.5) is 0 Å². The van der Waals surface area contributed by atoms with E-state index in [1.54, 1.807) is 0 Å². The van der Waals surface area contributed by atoms with Crippen LogP contribution >= 0.6 is 24.0 Å². The SMILES string of the molecule is CCOC1CC(NC(=NC)NC2CCN(C(=O)C(CC)CC)CC2)C12CCCC2.I. The Morgan fingerprint density at radius 2 is 1.77 bits per heavy atom. The van der Waals surface area contributed by atoms with E-state index in [-0.39, 0.29) is 29.9 Å². The summed E-state index contributed by atoms with van der Waals surface area (Å²) in [5, 5.41) is 7.36. The maximum absolute atomic E-state index is 12.6. The molecule has 3 rings (SSSR count). The van der Waals surface area contributed by atoms with Gasteiger partial charge in [0.15, 0.2) is 5.96 Å². The molecule has 0 aromatic heterocycles. The number of hydrogen-bond donors (Lipinski definition) is 2. The highest BCUT2D eigenvalue weighted by molar-refractivity contribution is 14.0. The summed E-state index contributed by atoms with van der Waals surface area (Å²) in [5.41, 5.74) is 0.304. The molecule has 1 amide bonds. The average Bonchev–Trinajstić information content (AvgIpc) is 3.26. The minimum absolute atomic E-state index is 0. The van der Waals surface area contributed by atoms with Crippen molar-refractivity contribution >= 4 is 35.8 Å². The van der Waals surface area contributed by atoms with Gasteiger partial charge in [0.2, 0.25) is 5.91 Å². The fourth-order valence-corrected chi connectivity index (χ4v) is 5.76. The van der Waals surface area contributed by atoms with Gasteiger partial charge in [0, 0.05) is 50.2 Å². The van der Waals surface area contributed by atoms with Gasteiger partial charge in [-0.25, -0.2) is 0 Å². The van der Waals surface area contributed by atoms with E-state index in [0.29, 0.717) is 29.5 Å². The number of amides is 1. The number of piperidine rings is 1. The molecule has 0 radical (unpaired) electrons. The Hall–Kier alpha value is -0.570. The quantitative estimate of drug-likeness (QED) is 0.295. The summed E-state index contributed by atoms with van der Waals surface area (Å²) in [7, 11) is 1.86. The molecule has 174 valence electrons. The number of hydrogen-bond acceptors (Lipinski definition) is 3. The van der Waals surface area contributed by atoms with Crippen molar-refractivity contribution in [3.63, 3.8) is 0 Å². The zero-order valence-corrected chi connectivity index (χ0v) is 21.7. The van der Waals surface area contributed by atoms with Crippen LogP contribution in [0.1, 0.15) is 78.6 Å². The molecule has 30 heavy (non-hydrogen) atoms. The van der Waals surface area contributed by atoms with Gasteiger partial charge in [-0.2, -0.15) is 0 Å². The molecular weight excluding hydrogens is 491 g/mol. The van der Waals surface area contributed by atoms with Crippen LogP contribution < -0.4 is 10.6 Å². The van der Waals surface area contributed by atoms with Gasteiger partial charge in [-0.15, -0.1) is 24.0 Å². The number of nitrogens with zero attached hydrogens (tertiary/aromatic N) is 2. The molecule has 1 saturated heterocycles. The Morgan fingerprint density at radius 3 is 2.30 bits per heavy atom. The summed E-state index contributed by atoms with van der Waals surface area (Å²) in [6.45, 7) is 8.84. The highest BCUT2D eigenvalue weighted by atomic mass is 127. The van der Waals surface area contributed by atoms with Crippen molar-refractivity contribution in [2.75, 3.05) is 26.7 Å². The van der Waals surface area contributed by atoms with Crippen LogP contribution in [0.3, 0.4) is 0 Å². The molecule has 0 aromatic rings. The average molecular weight is 535 g/mol. The van der Waals surface area contributed by atoms with Crippen LogP contribution in [0.15, 0.2) is 4.99 Å². The lowest BCUT2D eigenvalue weighted by molar-refractivity contribution is -0.136. The topological polar surface area (TPSA) is 66.0 Å². The Labute approximate surface area is 200 Å². The molecule has 0 aromatic carbocycles. The molecule has 2 saturated carbocycles. The van der Waals surface area contributed by atoms with E-state index in [9.17, 15) is 4.79 Å². The summed E-state index contributed by atoms with van der Waals surface area (Å²) < 4.78 is 6.05. The minimum atomic E-state index is 0. The van der Waals surface area contributed by atoms with E-state index in [1.165, 1.54) is 25.7 Å². The summed E-state index contributed by atoms with van der Waals surface area (Å²) >= 11 is 0. The van der Waals surface area contributed by atoms with E-state index in [4.69, 9.17) is 4.74 Å². The molecule has 1 aliphatic heterocycles. The van der Waals surface area contributed by atoms with E-state index in [0.717, 1.165) is 57.8 Å². The molecule has 7 heteroatoms. The third-order valence-electron chi connectivity index (χ3n) is 7.70. The highest BCUT2D eigenvalue weighted by Gasteiger charge is 2.57. The summed E-state index contributed by atoms with van der Waals surface area (Å²) in [6, 6.07) is 0.846. The van der Waals surface area contributed by atoms with E-state index >= 15 is 0 Å². The Bertz CT molecular complexity index is 568. The normalized spacial score (nSPS) is 26.4. The van der Waals surface area contributed by atoms with Gasteiger partial charge in [-0.05, 0) is 51.9 Å². The second-order valence-electron chi connectivity index (χ2n) is 9.15. The van der Waals surface area contributed by atoms with Crippen LogP contribution in [0.5, 0.6) is 0 Å². The molecule has 1 heterocycles. The second-order valence-corrected chi connectivity index (χ2v) is 9.15. The molecule has 2 unspecified atom stereocenters. The van der Waals surface area contributed by atoms with Crippen LogP contribution in [-0.2, 0) is 9.53 Å². The first-order valence-corrected chi connectivity index (χ1v) is 12.0. The lowest BCUT2D eigenvalue weighted by Crippen LogP contribution is -2.65. The van der Waals surface area contributed by atoms with Crippen molar-refractivity contribution in [1.29, 1.82) is 0 Å². The monoisotopic (exact) mass is 534 g/mol. The molecule has 3 aliphatic rings. The van der Waals surface area contributed by atoms with Crippen molar-refractivity contribution in [2.45, 2.75) is 96.7 Å². The van der Waals surface area contributed by atoms with Crippen LogP contribution in [0.25, 0.3) is 0 Å². The molecular formula is C23H43IN4O2. The van der Waals surface area contributed by atoms with Gasteiger partial charge in [-0.3, -0.25) is 9.79 Å². The Balaban J connectivity index is 0.00000320. The minimum Gasteiger partial charge on any atom is -0.378 e. The lowest BCUT2D eigenvalue weighted by Gasteiger charge is -2.54. The molecule has 2 atom stereocenters. The number of likely N-dealkylation sites (tertiary alicyclic amines) is 1. The fraction of sp³-hybridized carbons (Fsp3) is 0.913. The number of rotatable bonds is 7. The summed E-state index contributed by atoms with van der Waals surface area (Å²) in [6.07, 6.45) is 10.5. The predicted octanol–water partition coefficient (Wildman–Crippen LogP) is 3.93. The van der Waals surface area contributed by atoms with Gasteiger partial charge in [0.1, 0.15) is 0 Å². The van der Waals surface area contributed by atoms with Crippen LogP contribution in [0.2, 0.25) is 0 Å². The number of carbonyl (C=O) groups excluding carboxylic acids is 1. The standard InChI is InChI=1S/C23H42N4O2.HI/c1-5-17(6-2)21(28)27-14-10-18(11-15-27)25-22(24-4)26-19-16-20(29-7-3)23(19)12-8-9-13-23;/h17-20H,5-16H2,1-4H3,(H2,24,25,26);1H. The third-order valence-corrected chi connectivity index (χ3v) is 7.70. The largest absolute Gasteiger partial charge is 0.378 e. The first-order valence-electron chi connectivity index (χ1n) is 12.0. The zero-order valence-electron chi connectivity index (χ0n) is 19.4. The number of halogens is 1. The number of carbonyl (C=O) groups is 1. The lowest BCUT2D eigenvalue weighted by atomic mass is 9.60. The smallest absolute Gasteiger partial charge is 0.225 e. The Morgan fingerprint density at radius 1 is 1.13 bits per heavy atom. The maximum Gasteiger partial charge on any atom is 0.225 e. The molecule has 6 nitrogen and oxygen atoms in total. The van der Waals surface area contributed by atoms with Crippen molar-refractivity contribution in [3.8, 4) is 0 Å². The number of aliphatic imine (C=N–C) groups is 1. The van der Waals surface area contributed by atoms with Crippen molar-refractivity contribution in [1.82, 2.24) is 15.5 Å². The first-order chi connectivity index (χ1) is 14.1. The first kappa shape index (κ1) is 25.7. The van der Waals surface area contributed by atoms with Crippen molar-refractivity contribution in [3.05, 3.63) is 0 Å². The van der Waals surface area contributed by atoms with Crippen LogP contribution in [-0.4, -0.2) is 61.7 Å². The van der Waals surface area contributed by atoms with E-state index in [1.807, 2.05) is 7.05 Å². The predicted molar refractivity (Wildman–Crippen MR) is 133 cm³/mol. The molecule has 0 bridgehead atoms. The van der Waals surface area contributed by atoms with Crippen molar-refractivity contribution < 1.29 is 9.53 Å². The van der Waals surface area contributed by atoms with Gasteiger partial charge in [0.25, 0.3) is 0 Å². The van der Waals surface area contributed by atoms with Gasteiger partial charge in [-0.1, -0.05) is 26.7 Å². The van der Waals surface area contributed by atoms with Gasteiger partial charge >= 0.3 is 0 Å².